The second kappa shape index (κ2) is 6.80. The van der Waals surface area contributed by atoms with E-state index in [4.69, 9.17) is 0 Å². The number of ether oxygens (including phenoxy) is 1. The van der Waals surface area contributed by atoms with Crippen LogP contribution in [0.25, 0.3) is 0 Å². The van der Waals surface area contributed by atoms with Crippen LogP contribution in [-0.4, -0.2) is 43.8 Å². The van der Waals surface area contributed by atoms with Crippen molar-refractivity contribution in [2.24, 2.45) is 4.99 Å². The Labute approximate surface area is 121 Å². The number of likely N-dealkylation sites (N-methyl/N-ethyl adjacent to an activating group) is 1. The summed E-state index contributed by atoms with van der Waals surface area (Å²) in [6, 6.07) is 7.28. The number of benzene rings is 1. The van der Waals surface area contributed by atoms with E-state index >= 15 is 0 Å². The van der Waals surface area contributed by atoms with Gasteiger partial charge in [0.05, 0.1) is 13.2 Å². The first-order valence-electron chi connectivity index (χ1n) is 6.66. The van der Waals surface area contributed by atoms with Crippen LogP contribution in [-0.2, 0) is 17.9 Å². The van der Waals surface area contributed by atoms with Crippen LogP contribution in [0.2, 0.25) is 0 Å². The number of nitrogens with one attached hydrogen (secondary N) is 1. The van der Waals surface area contributed by atoms with Crippen LogP contribution in [0.3, 0.4) is 0 Å². The van der Waals surface area contributed by atoms with E-state index in [0.717, 1.165) is 30.2 Å². The molecule has 0 fully saturated rings. The lowest BCUT2D eigenvalue weighted by Crippen LogP contribution is -2.35. The van der Waals surface area contributed by atoms with Gasteiger partial charge in [0, 0.05) is 20.1 Å². The SMILES string of the molecule is CN1CCN=C1NCc1ccc(COCC(F)(F)F)cc1. The number of aliphatic imine (C=N–C) groups is 1. The van der Waals surface area contributed by atoms with Crippen molar-refractivity contribution in [2.45, 2.75) is 19.3 Å². The third kappa shape index (κ3) is 5.26. The maximum Gasteiger partial charge on any atom is 0.411 e. The first-order valence-corrected chi connectivity index (χ1v) is 6.66. The van der Waals surface area contributed by atoms with Crippen molar-refractivity contribution in [3.8, 4) is 0 Å². The van der Waals surface area contributed by atoms with Crippen molar-refractivity contribution in [1.29, 1.82) is 0 Å². The summed E-state index contributed by atoms with van der Waals surface area (Å²) in [5.74, 6) is 0.868. The highest BCUT2D eigenvalue weighted by Gasteiger charge is 2.27. The van der Waals surface area contributed by atoms with E-state index in [1.54, 1.807) is 12.1 Å². The third-order valence-electron chi connectivity index (χ3n) is 3.07. The predicted molar refractivity (Wildman–Crippen MR) is 73.9 cm³/mol. The van der Waals surface area contributed by atoms with Crippen molar-refractivity contribution in [2.75, 3.05) is 26.7 Å². The van der Waals surface area contributed by atoms with Crippen LogP contribution in [0.15, 0.2) is 29.3 Å². The molecule has 0 amide bonds. The molecule has 1 heterocycles. The Balaban J connectivity index is 1.76. The van der Waals surface area contributed by atoms with Gasteiger partial charge in [0.15, 0.2) is 5.96 Å². The molecule has 1 N–H and O–H groups in total. The van der Waals surface area contributed by atoms with Gasteiger partial charge in [0.1, 0.15) is 6.61 Å². The van der Waals surface area contributed by atoms with Gasteiger partial charge in [-0.25, -0.2) is 0 Å². The first-order chi connectivity index (χ1) is 9.94. The smallest absolute Gasteiger partial charge is 0.367 e. The number of hydrogen-bond acceptors (Lipinski definition) is 4. The molecule has 7 heteroatoms. The molecule has 0 bridgehead atoms. The Kier molecular flexibility index (Phi) is 5.06. The molecule has 2 rings (SSSR count). The van der Waals surface area contributed by atoms with Crippen molar-refractivity contribution in [1.82, 2.24) is 10.2 Å². The summed E-state index contributed by atoms with van der Waals surface area (Å²) < 4.78 is 40.5. The van der Waals surface area contributed by atoms with Gasteiger partial charge in [-0.15, -0.1) is 0 Å². The third-order valence-corrected chi connectivity index (χ3v) is 3.07. The van der Waals surface area contributed by atoms with Crippen LogP contribution in [0, 0.1) is 0 Å². The Morgan fingerprint density at radius 1 is 1.24 bits per heavy atom. The zero-order valence-electron chi connectivity index (χ0n) is 11.8. The molecule has 0 atom stereocenters. The quantitative estimate of drug-likeness (QED) is 0.905. The number of rotatable bonds is 5. The number of halogens is 3. The maximum absolute atomic E-state index is 12.0. The zero-order valence-corrected chi connectivity index (χ0v) is 11.8. The van der Waals surface area contributed by atoms with Crippen LogP contribution in [0.4, 0.5) is 13.2 Å². The summed E-state index contributed by atoms with van der Waals surface area (Å²) in [5.41, 5.74) is 1.76. The highest BCUT2D eigenvalue weighted by Crippen LogP contribution is 2.15. The van der Waals surface area contributed by atoms with Crippen LogP contribution in [0.5, 0.6) is 0 Å². The fourth-order valence-electron chi connectivity index (χ4n) is 1.94. The van der Waals surface area contributed by atoms with Crippen molar-refractivity contribution < 1.29 is 17.9 Å². The van der Waals surface area contributed by atoms with E-state index in [1.807, 2.05) is 24.1 Å². The van der Waals surface area contributed by atoms with Crippen molar-refractivity contribution >= 4 is 5.96 Å². The van der Waals surface area contributed by atoms with Gasteiger partial charge < -0.3 is 15.0 Å². The van der Waals surface area contributed by atoms with E-state index in [2.05, 4.69) is 15.0 Å². The van der Waals surface area contributed by atoms with Gasteiger partial charge in [0.2, 0.25) is 0 Å². The molecule has 0 aliphatic carbocycles. The summed E-state index contributed by atoms with van der Waals surface area (Å²) in [6.07, 6.45) is -4.28. The standard InChI is InChI=1S/C14H18F3N3O/c1-20-7-6-18-13(20)19-8-11-2-4-12(5-3-11)9-21-10-14(15,16)17/h2-5H,6-10H2,1H3,(H,18,19). The summed E-state index contributed by atoms with van der Waals surface area (Å²) in [6.45, 7) is 1.09. The molecule has 4 nitrogen and oxygen atoms in total. The number of hydrogen-bond donors (Lipinski definition) is 1. The first kappa shape index (κ1) is 15.6. The second-order valence-electron chi connectivity index (χ2n) is 4.90. The van der Waals surface area contributed by atoms with E-state index < -0.39 is 12.8 Å². The molecule has 1 aromatic carbocycles. The lowest BCUT2D eigenvalue weighted by Gasteiger charge is -2.15. The molecule has 0 aromatic heterocycles. The van der Waals surface area contributed by atoms with E-state index in [1.165, 1.54) is 0 Å². The summed E-state index contributed by atoms with van der Waals surface area (Å²) >= 11 is 0. The summed E-state index contributed by atoms with van der Waals surface area (Å²) in [7, 11) is 1.97. The van der Waals surface area contributed by atoms with Crippen molar-refractivity contribution in [3.63, 3.8) is 0 Å². The Morgan fingerprint density at radius 2 is 1.90 bits per heavy atom. The topological polar surface area (TPSA) is 36.9 Å². The van der Waals surface area contributed by atoms with Gasteiger partial charge >= 0.3 is 6.18 Å². The molecule has 0 spiro atoms. The highest BCUT2D eigenvalue weighted by atomic mass is 19.4. The van der Waals surface area contributed by atoms with Gasteiger partial charge in [-0.3, -0.25) is 4.99 Å². The number of alkyl halides is 3. The Bertz CT molecular complexity index is 485. The number of nitrogens with zero attached hydrogens (tertiary/aromatic N) is 2. The van der Waals surface area contributed by atoms with Gasteiger partial charge in [-0.2, -0.15) is 13.2 Å². The molecule has 1 aliphatic rings. The van der Waals surface area contributed by atoms with E-state index in [-0.39, 0.29) is 6.61 Å². The second-order valence-corrected chi connectivity index (χ2v) is 4.90. The molecule has 1 aromatic rings. The van der Waals surface area contributed by atoms with Crippen LogP contribution >= 0.6 is 0 Å². The fourth-order valence-corrected chi connectivity index (χ4v) is 1.94. The molecule has 0 unspecified atom stereocenters. The normalized spacial score (nSPS) is 15.2. The average Bonchev–Trinajstić information content (AvgIpc) is 2.82. The molecule has 1 aliphatic heterocycles. The molecule has 0 saturated carbocycles. The van der Waals surface area contributed by atoms with Crippen LogP contribution < -0.4 is 5.32 Å². The molecule has 21 heavy (non-hydrogen) atoms. The fraction of sp³-hybridized carbons (Fsp3) is 0.500. The molecule has 0 saturated heterocycles. The Morgan fingerprint density at radius 3 is 2.48 bits per heavy atom. The van der Waals surface area contributed by atoms with Gasteiger partial charge in [0.25, 0.3) is 0 Å². The molecular weight excluding hydrogens is 283 g/mol. The largest absolute Gasteiger partial charge is 0.411 e. The lowest BCUT2D eigenvalue weighted by atomic mass is 10.1. The molecule has 0 radical (unpaired) electrons. The molecule has 116 valence electrons. The monoisotopic (exact) mass is 301 g/mol. The molecular formula is C14H18F3N3O. The minimum Gasteiger partial charge on any atom is -0.367 e. The van der Waals surface area contributed by atoms with Crippen molar-refractivity contribution in [3.05, 3.63) is 35.4 Å². The van der Waals surface area contributed by atoms with E-state index in [9.17, 15) is 13.2 Å². The number of guanidine groups is 1. The minimum absolute atomic E-state index is 0.0390. The summed E-state index contributed by atoms with van der Waals surface area (Å²) in [5, 5.41) is 3.23. The zero-order chi connectivity index (χ0) is 15.3. The average molecular weight is 301 g/mol. The van der Waals surface area contributed by atoms with E-state index in [0.29, 0.717) is 6.54 Å². The lowest BCUT2D eigenvalue weighted by molar-refractivity contribution is -0.176. The van der Waals surface area contributed by atoms with Gasteiger partial charge in [-0.1, -0.05) is 24.3 Å². The van der Waals surface area contributed by atoms with Crippen LogP contribution in [0.1, 0.15) is 11.1 Å². The maximum atomic E-state index is 12.0. The Hall–Kier alpha value is -1.76. The predicted octanol–water partition coefficient (Wildman–Crippen LogP) is 2.16. The highest BCUT2D eigenvalue weighted by molar-refractivity contribution is 5.81. The minimum atomic E-state index is -4.28. The summed E-state index contributed by atoms with van der Waals surface area (Å²) in [4.78, 5) is 6.36. The van der Waals surface area contributed by atoms with Gasteiger partial charge in [-0.05, 0) is 11.1 Å².